The van der Waals surface area contributed by atoms with Crippen molar-refractivity contribution >= 4 is 70.9 Å². The van der Waals surface area contributed by atoms with Gasteiger partial charge in [0, 0.05) is 75.3 Å². The monoisotopic (exact) mass is 1580 g/mol. The third-order valence-electron chi connectivity index (χ3n) is 24.0. The Morgan fingerprint density at radius 3 is 1.82 bits per heavy atom. The number of likely N-dealkylation sites (N-methyl/N-ethyl adjacent to an activating group) is 7. The van der Waals surface area contributed by atoms with Crippen LogP contribution in [0.1, 0.15) is 176 Å². The Morgan fingerprint density at radius 2 is 1.25 bits per heavy atom. The Bertz CT molecular complexity index is 3320. The summed E-state index contributed by atoms with van der Waals surface area (Å²) in [5.41, 5.74) is -2.61. The molecule has 3 aliphatic heterocycles. The van der Waals surface area contributed by atoms with E-state index in [9.17, 15) is 63.9 Å². The Labute approximate surface area is 636 Å². The number of hydrogen-bond donors (Lipinski definition) is 3. The molecule has 4 saturated carbocycles. The van der Waals surface area contributed by atoms with E-state index in [4.69, 9.17) is 0 Å². The van der Waals surface area contributed by atoms with Crippen LogP contribution >= 0.6 is 0 Å². The van der Waals surface area contributed by atoms with Gasteiger partial charge in [-0.05, 0) is 132 Å². The maximum Gasteiger partial charge on any atom is 0.397 e. The second-order valence-corrected chi connectivity index (χ2v) is 32.9. The van der Waals surface area contributed by atoms with E-state index in [1.54, 1.807) is 46.8 Å². The predicted octanol–water partition coefficient (Wildman–Crippen LogP) is 7.31. The van der Waals surface area contributed by atoms with Crippen LogP contribution in [0.4, 0.5) is 48.3 Å². The summed E-state index contributed by atoms with van der Waals surface area (Å²) in [6.07, 6.45) is -21.7. The van der Waals surface area contributed by atoms with Crippen LogP contribution in [0.2, 0.25) is 0 Å². The highest BCUT2D eigenvalue weighted by molar-refractivity contribution is 6.01. The van der Waals surface area contributed by atoms with Crippen LogP contribution in [-0.2, 0) is 57.5 Å². The largest absolute Gasteiger partial charge is 0.397 e. The van der Waals surface area contributed by atoms with Gasteiger partial charge in [0.1, 0.15) is 78.3 Å². The van der Waals surface area contributed by atoms with Crippen molar-refractivity contribution < 1.29 is 106 Å². The van der Waals surface area contributed by atoms with Gasteiger partial charge in [-0.1, -0.05) is 66.0 Å². The SMILES string of the molecule is CCCN(C)C(=O)[C@@H]1CC(=O)N(C)[C@@H](CC(F)F)C(=O)N[C@@H]([C@@H](C)CC)C(=O)N(C)CC(=O)N(C)[C@H]2C/C=C\CCN(C2=O)[C@@H](CC2CCC(C(F)(F)F)CC2)C(=O)N(C)CC(=O)N[C@@H](CCC2CC(F)C(C(F)(F)F)C(F)C2)C(=O)N2C[C@H](F)C[C@H]2C(=O)NC2(CC(C)(C)C2)C(=O)N(C)[C@@H](C2CCCC2)C(=O)N1C. The van der Waals surface area contributed by atoms with Gasteiger partial charge in [0.25, 0.3) is 0 Å². The lowest BCUT2D eigenvalue weighted by Gasteiger charge is -2.54. The van der Waals surface area contributed by atoms with E-state index >= 15 is 41.9 Å². The number of rotatable bonds is 13. The predicted molar refractivity (Wildman–Crippen MR) is 380 cm³/mol. The van der Waals surface area contributed by atoms with Crippen LogP contribution in [0.5, 0.6) is 0 Å². The molecule has 622 valence electrons. The first-order chi connectivity index (χ1) is 51.3. The van der Waals surface area contributed by atoms with Crippen LogP contribution in [-0.4, -0.2) is 288 Å². The third-order valence-corrected chi connectivity index (χ3v) is 24.0. The van der Waals surface area contributed by atoms with E-state index < -0.39 is 268 Å². The first kappa shape index (κ1) is 89.8. The van der Waals surface area contributed by atoms with Crippen LogP contribution in [0, 0.1) is 40.9 Å². The maximum atomic E-state index is 16.2. The van der Waals surface area contributed by atoms with E-state index in [0.29, 0.717) is 37.0 Å². The average molecular weight is 1580 g/mol. The molecule has 12 amide bonds. The number of fused-ring (bicyclic) bond motifs is 3. The summed E-state index contributed by atoms with van der Waals surface area (Å²) < 4.78 is 161. The highest BCUT2D eigenvalue weighted by Gasteiger charge is 2.60. The van der Waals surface area contributed by atoms with Crippen LogP contribution in [0.3, 0.4) is 0 Å². The summed E-state index contributed by atoms with van der Waals surface area (Å²) in [7, 11) is 8.55. The van der Waals surface area contributed by atoms with E-state index in [2.05, 4.69) is 16.0 Å². The van der Waals surface area contributed by atoms with E-state index in [1.165, 1.54) is 40.1 Å². The number of nitrogens with zero attached hydrogens (tertiary/aromatic N) is 9. The van der Waals surface area contributed by atoms with Gasteiger partial charge in [0.15, 0.2) is 0 Å². The third kappa shape index (κ3) is 21.7. The molecule has 6 fully saturated rings. The van der Waals surface area contributed by atoms with Gasteiger partial charge < -0.3 is 60.0 Å². The molecule has 12 atom stereocenters. The van der Waals surface area contributed by atoms with Gasteiger partial charge in [-0.25, -0.2) is 22.0 Å². The number of carbonyl (C=O) groups excluding carboxylic acids is 12. The zero-order valence-corrected chi connectivity index (χ0v) is 65.2. The summed E-state index contributed by atoms with van der Waals surface area (Å²) in [6.45, 7) is 5.80. The molecule has 7 aliphatic rings. The maximum absolute atomic E-state index is 16.2. The second kappa shape index (κ2) is 37.5. The number of hydrogen-bond acceptors (Lipinski definition) is 12. The fourth-order valence-corrected chi connectivity index (χ4v) is 17.7. The molecule has 2 unspecified atom stereocenters. The van der Waals surface area contributed by atoms with Gasteiger partial charge in [0.05, 0.1) is 32.0 Å². The summed E-state index contributed by atoms with van der Waals surface area (Å²) in [5.74, 6) is -19.6. The molecule has 0 aromatic carbocycles. The van der Waals surface area contributed by atoms with Crippen molar-refractivity contribution in [2.24, 2.45) is 40.9 Å². The van der Waals surface area contributed by atoms with Gasteiger partial charge in [-0.3, -0.25) is 57.5 Å². The topological polar surface area (TPSA) is 270 Å². The van der Waals surface area contributed by atoms with Crippen molar-refractivity contribution in [3.63, 3.8) is 0 Å². The van der Waals surface area contributed by atoms with Gasteiger partial charge in [-0.15, -0.1) is 0 Å². The minimum Gasteiger partial charge on any atom is -0.344 e. The molecule has 3 N–H and O–H groups in total. The quantitative estimate of drug-likeness (QED) is 0.121. The molecule has 35 heteroatoms. The molecule has 7 rings (SSSR count). The molecular formula is C75H113F11N12O12. The molecule has 24 nitrogen and oxygen atoms in total. The Hall–Kier alpha value is -7.39. The minimum absolute atomic E-state index is 0.0584. The van der Waals surface area contributed by atoms with E-state index in [-0.39, 0.29) is 77.3 Å². The lowest BCUT2D eigenvalue weighted by molar-refractivity contribution is -0.219. The first-order valence-corrected chi connectivity index (χ1v) is 38.6. The highest BCUT2D eigenvalue weighted by Crippen LogP contribution is 2.50. The van der Waals surface area contributed by atoms with E-state index in [0.717, 1.165) is 48.4 Å². The van der Waals surface area contributed by atoms with Crippen molar-refractivity contribution in [1.29, 1.82) is 0 Å². The summed E-state index contributed by atoms with van der Waals surface area (Å²) >= 11 is 0. The first-order valence-electron chi connectivity index (χ1n) is 38.6. The molecule has 0 aromatic heterocycles. The Kier molecular flexibility index (Phi) is 30.6. The van der Waals surface area contributed by atoms with E-state index in [1.807, 2.05) is 0 Å². The second-order valence-electron chi connectivity index (χ2n) is 32.9. The van der Waals surface area contributed by atoms with Gasteiger partial charge in [-0.2, -0.15) is 26.3 Å². The van der Waals surface area contributed by atoms with Crippen molar-refractivity contribution in [2.45, 2.75) is 267 Å². The number of amides is 12. The molecule has 110 heavy (non-hydrogen) atoms. The molecule has 1 spiro atoms. The lowest BCUT2D eigenvalue weighted by atomic mass is 9.58. The normalized spacial score (nSPS) is 32.1. The van der Waals surface area contributed by atoms with Crippen LogP contribution < -0.4 is 16.0 Å². The Morgan fingerprint density at radius 1 is 0.645 bits per heavy atom. The van der Waals surface area contributed by atoms with Crippen molar-refractivity contribution in [3.8, 4) is 0 Å². The van der Waals surface area contributed by atoms with Crippen molar-refractivity contribution in [1.82, 2.24) is 60.0 Å². The summed E-state index contributed by atoms with van der Waals surface area (Å²) in [6, 6.07) is -13.4. The summed E-state index contributed by atoms with van der Waals surface area (Å²) in [5, 5.41) is 7.82. The minimum atomic E-state index is -5.26. The smallest absolute Gasteiger partial charge is 0.344 e. The molecule has 2 bridgehead atoms. The average Bonchev–Trinajstić information content (AvgIpc) is 0.939. The zero-order valence-electron chi connectivity index (χ0n) is 65.2. The molecular weight excluding hydrogens is 1470 g/mol. The molecule has 3 heterocycles. The number of alkyl halides is 11. The molecule has 2 saturated heterocycles. The van der Waals surface area contributed by atoms with Crippen molar-refractivity contribution in [3.05, 3.63) is 12.2 Å². The lowest BCUT2D eigenvalue weighted by Crippen LogP contribution is -2.71. The molecule has 4 aliphatic carbocycles. The number of halogens is 11. The highest BCUT2D eigenvalue weighted by atomic mass is 19.4. The van der Waals surface area contributed by atoms with Crippen molar-refractivity contribution in [2.75, 3.05) is 82.1 Å². The number of nitrogens with one attached hydrogen (secondary N) is 3. The zero-order chi connectivity index (χ0) is 82.1. The fraction of sp³-hybridized carbons (Fsp3) is 0.813. The van der Waals surface area contributed by atoms with Gasteiger partial charge in [0.2, 0.25) is 77.3 Å². The summed E-state index contributed by atoms with van der Waals surface area (Å²) in [4.78, 5) is 189. The number of carbonyl (C=O) groups is 12. The molecule has 0 radical (unpaired) electrons. The van der Waals surface area contributed by atoms with Gasteiger partial charge >= 0.3 is 12.4 Å². The van der Waals surface area contributed by atoms with Crippen LogP contribution in [0.25, 0.3) is 0 Å². The standard InChI is InChI=1S/C75H113F11N12O12/c1-13-29-90(6)66(105)54-36-58(100)94(10)52(35-56(79)80)63(102)88-61(42(3)14-2)69(108)92(8)39-59(101)93(9)51-22-16-15-19-30-97(68(51)107)55(33-43-23-26-46(27-24-43)74(81,82)83)67(106)91(7)38-57(99)87-50(28-25-44-31-48(77)60(49(78)32-44)75(84,85)86)65(104)98-37-47(76)34-53(98)64(103)89-73(40-72(4,5)41-73)71(110)96(12)62(70(109)95(54)11)45-20-17-18-21-45/h15-16,42-56,60-62H,13-14,17-41H2,1-12H3,(H,87,99)(H,88,102)(H,89,103)/b16-15-/t42-,43?,44?,46?,47+,48?,49?,50-,51-,52-,53-,54-,55-,60?,61-,62-/m0/s1. The molecule has 0 aromatic rings. The van der Waals surface area contributed by atoms with Crippen LogP contribution in [0.15, 0.2) is 12.2 Å². The fourth-order valence-electron chi connectivity index (χ4n) is 17.7. The Balaban J connectivity index is 1.34.